The van der Waals surface area contributed by atoms with Crippen LogP contribution in [-0.4, -0.2) is 59.7 Å². The second kappa shape index (κ2) is 8.16. The Balaban J connectivity index is 1.63. The number of nitrogens with one attached hydrogen (secondary N) is 1. The largest absolute Gasteiger partial charge is 0.483 e. The number of carbonyl (C=O) groups excluding carboxylic acids is 1. The number of ether oxygens (including phenoxy) is 1. The van der Waals surface area contributed by atoms with E-state index in [2.05, 4.69) is 21.2 Å². The Kier molecular flexibility index (Phi) is 5.71. The molecule has 1 aromatic carbocycles. The van der Waals surface area contributed by atoms with E-state index in [1.807, 2.05) is 30.6 Å². The molecule has 0 aliphatic carbocycles. The molecule has 1 saturated heterocycles. The molecule has 0 unspecified atom stereocenters. The van der Waals surface area contributed by atoms with Crippen LogP contribution in [0.5, 0.6) is 5.75 Å². The molecule has 0 spiro atoms. The maximum atomic E-state index is 11.8. The summed E-state index contributed by atoms with van der Waals surface area (Å²) in [4.78, 5) is 15.8. The summed E-state index contributed by atoms with van der Waals surface area (Å²) in [7, 11) is 3.47. The molecule has 1 atom stereocenters. The average molecular weight is 342 g/mol. The minimum Gasteiger partial charge on any atom is -0.483 e. The van der Waals surface area contributed by atoms with Crippen LogP contribution in [0.4, 0.5) is 0 Å². The highest BCUT2D eigenvalue weighted by Gasteiger charge is 2.22. The van der Waals surface area contributed by atoms with Gasteiger partial charge in [0.2, 0.25) is 0 Å². The van der Waals surface area contributed by atoms with Gasteiger partial charge in [0.25, 0.3) is 5.91 Å². The van der Waals surface area contributed by atoms with E-state index in [1.165, 1.54) is 18.4 Å². The minimum absolute atomic E-state index is 0.0344. The number of para-hydroxylation sites is 1. The number of piperidine rings is 1. The van der Waals surface area contributed by atoms with Gasteiger partial charge in [0.05, 0.1) is 6.20 Å². The molecule has 0 saturated carbocycles. The molecule has 25 heavy (non-hydrogen) atoms. The predicted molar refractivity (Wildman–Crippen MR) is 96.5 cm³/mol. The smallest absolute Gasteiger partial charge is 0.259 e. The number of likely N-dealkylation sites (N-methyl/N-ethyl adjacent to an activating group) is 1. The van der Waals surface area contributed by atoms with Crippen LogP contribution >= 0.6 is 0 Å². The van der Waals surface area contributed by atoms with Gasteiger partial charge in [-0.25, -0.2) is 0 Å². The molecule has 1 aliphatic heterocycles. The van der Waals surface area contributed by atoms with Crippen LogP contribution in [0.1, 0.15) is 29.9 Å². The Morgan fingerprint density at radius 2 is 2.24 bits per heavy atom. The van der Waals surface area contributed by atoms with Gasteiger partial charge >= 0.3 is 0 Å². The fourth-order valence-corrected chi connectivity index (χ4v) is 3.24. The van der Waals surface area contributed by atoms with Gasteiger partial charge < -0.3 is 9.64 Å². The third-order valence-electron chi connectivity index (χ3n) is 4.71. The molecule has 1 aromatic heterocycles. The zero-order chi connectivity index (χ0) is 17.6. The molecule has 1 fully saturated rings. The van der Waals surface area contributed by atoms with Crippen molar-refractivity contribution in [1.29, 1.82) is 0 Å². The first-order chi connectivity index (χ1) is 12.1. The first-order valence-electron chi connectivity index (χ1n) is 8.75. The lowest BCUT2D eigenvalue weighted by atomic mass is 9.92. The summed E-state index contributed by atoms with van der Waals surface area (Å²) in [5.74, 6) is 1.28. The van der Waals surface area contributed by atoms with E-state index in [-0.39, 0.29) is 12.5 Å². The van der Waals surface area contributed by atoms with Gasteiger partial charge in [-0.2, -0.15) is 5.10 Å². The summed E-state index contributed by atoms with van der Waals surface area (Å²) < 4.78 is 5.77. The van der Waals surface area contributed by atoms with Crippen molar-refractivity contribution in [2.24, 2.45) is 0 Å². The second-order valence-corrected chi connectivity index (χ2v) is 6.79. The number of rotatable bonds is 6. The molecule has 2 aromatic rings. The maximum Gasteiger partial charge on any atom is 0.259 e. The van der Waals surface area contributed by atoms with E-state index in [0.717, 1.165) is 30.9 Å². The minimum atomic E-state index is -0.0344. The van der Waals surface area contributed by atoms with Gasteiger partial charge in [-0.3, -0.25) is 14.8 Å². The highest BCUT2D eigenvalue weighted by Crippen LogP contribution is 2.28. The van der Waals surface area contributed by atoms with Crippen LogP contribution < -0.4 is 4.74 Å². The average Bonchev–Trinajstić information content (AvgIpc) is 3.15. The number of hydrogen-bond acceptors (Lipinski definition) is 4. The zero-order valence-electron chi connectivity index (χ0n) is 14.9. The lowest BCUT2D eigenvalue weighted by Crippen LogP contribution is -2.34. The van der Waals surface area contributed by atoms with Crippen LogP contribution in [0.3, 0.4) is 0 Å². The number of H-pyrrole nitrogens is 1. The summed E-state index contributed by atoms with van der Waals surface area (Å²) in [6.07, 6.45) is 6.31. The molecular formula is C19H26N4O2. The summed E-state index contributed by atoms with van der Waals surface area (Å²) in [6.45, 7) is 3.01. The van der Waals surface area contributed by atoms with Crippen molar-refractivity contribution in [2.75, 3.05) is 33.8 Å². The summed E-state index contributed by atoms with van der Waals surface area (Å²) in [5.41, 5.74) is 2.41. The van der Waals surface area contributed by atoms with Crippen molar-refractivity contribution in [3.63, 3.8) is 0 Å². The Morgan fingerprint density at radius 1 is 1.40 bits per heavy atom. The van der Waals surface area contributed by atoms with E-state index in [9.17, 15) is 4.79 Å². The third kappa shape index (κ3) is 4.60. The topological polar surface area (TPSA) is 61.5 Å². The highest BCUT2D eigenvalue weighted by atomic mass is 16.5. The zero-order valence-corrected chi connectivity index (χ0v) is 14.9. The van der Waals surface area contributed by atoms with Crippen molar-refractivity contribution in [3.05, 3.63) is 47.8 Å². The number of likely N-dealkylation sites (tertiary alicyclic amines) is 1. The molecule has 134 valence electrons. The number of hydrogen-bond donors (Lipinski definition) is 1. The quantitative estimate of drug-likeness (QED) is 0.875. The molecule has 6 heteroatoms. The number of carbonyl (C=O) groups is 1. The molecule has 1 aliphatic rings. The molecule has 1 N–H and O–H groups in total. The van der Waals surface area contributed by atoms with Gasteiger partial charge in [0, 0.05) is 38.9 Å². The molecule has 0 bridgehead atoms. The van der Waals surface area contributed by atoms with Crippen LogP contribution in [0.15, 0.2) is 36.7 Å². The number of nitrogens with zero attached hydrogens (tertiary/aromatic N) is 3. The van der Waals surface area contributed by atoms with Gasteiger partial charge in [0.15, 0.2) is 6.61 Å². The first-order valence-corrected chi connectivity index (χ1v) is 8.75. The predicted octanol–water partition coefficient (Wildman–Crippen LogP) is 2.26. The fourth-order valence-electron chi connectivity index (χ4n) is 3.24. The van der Waals surface area contributed by atoms with Gasteiger partial charge in [-0.05, 0) is 36.9 Å². The van der Waals surface area contributed by atoms with E-state index >= 15 is 0 Å². The van der Waals surface area contributed by atoms with Gasteiger partial charge in [-0.15, -0.1) is 0 Å². The Morgan fingerprint density at radius 3 is 3.00 bits per heavy atom. The first kappa shape index (κ1) is 17.5. The van der Waals surface area contributed by atoms with Crippen molar-refractivity contribution < 1.29 is 9.53 Å². The molecular weight excluding hydrogens is 316 g/mol. The lowest BCUT2D eigenvalue weighted by molar-refractivity contribution is -0.130. The monoisotopic (exact) mass is 342 g/mol. The van der Waals surface area contributed by atoms with Crippen LogP contribution in [0, 0.1) is 0 Å². The van der Waals surface area contributed by atoms with Crippen molar-refractivity contribution in [1.82, 2.24) is 20.0 Å². The normalized spacial score (nSPS) is 18.1. The SMILES string of the molecule is CN(C)C(=O)COc1ccccc1CN1CCC[C@@H](c2cn[nH]c2)C1. The van der Waals surface area contributed by atoms with Crippen LogP contribution in [0.25, 0.3) is 0 Å². The summed E-state index contributed by atoms with van der Waals surface area (Å²) in [5, 5.41) is 6.99. The number of aromatic amines is 1. The third-order valence-corrected chi connectivity index (χ3v) is 4.71. The number of aromatic nitrogens is 2. The van der Waals surface area contributed by atoms with Crippen molar-refractivity contribution >= 4 is 5.91 Å². The molecule has 2 heterocycles. The molecule has 0 radical (unpaired) electrons. The van der Waals surface area contributed by atoms with Gasteiger partial charge in [-0.1, -0.05) is 18.2 Å². The number of benzene rings is 1. The summed E-state index contributed by atoms with van der Waals surface area (Å²) in [6, 6.07) is 7.99. The van der Waals surface area contributed by atoms with Crippen LogP contribution in [0.2, 0.25) is 0 Å². The lowest BCUT2D eigenvalue weighted by Gasteiger charge is -2.32. The Labute approximate surface area is 148 Å². The Hall–Kier alpha value is -2.34. The van der Waals surface area contributed by atoms with E-state index in [1.54, 1.807) is 19.0 Å². The highest BCUT2D eigenvalue weighted by molar-refractivity contribution is 5.77. The standard InChI is InChI=1S/C19H26N4O2/c1-22(2)19(24)14-25-18-8-4-3-6-16(18)13-23-9-5-7-15(12-23)17-10-20-21-11-17/h3-4,6,8,10-11,15H,5,7,9,12-14H2,1-2H3,(H,20,21)/t15-/m1/s1. The van der Waals surface area contributed by atoms with E-state index < -0.39 is 0 Å². The second-order valence-electron chi connectivity index (χ2n) is 6.79. The Bertz CT molecular complexity index is 684. The molecule has 3 rings (SSSR count). The van der Waals surface area contributed by atoms with E-state index in [4.69, 9.17) is 4.74 Å². The van der Waals surface area contributed by atoms with Crippen molar-refractivity contribution in [2.45, 2.75) is 25.3 Å². The van der Waals surface area contributed by atoms with Crippen LogP contribution in [-0.2, 0) is 11.3 Å². The van der Waals surface area contributed by atoms with E-state index in [0.29, 0.717) is 5.92 Å². The summed E-state index contributed by atoms with van der Waals surface area (Å²) >= 11 is 0. The maximum absolute atomic E-state index is 11.8. The molecule has 1 amide bonds. The number of amides is 1. The fraction of sp³-hybridized carbons (Fsp3) is 0.474. The van der Waals surface area contributed by atoms with Gasteiger partial charge in [0.1, 0.15) is 5.75 Å². The van der Waals surface area contributed by atoms with Crippen molar-refractivity contribution in [3.8, 4) is 5.75 Å². The molecule has 6 nitrogen and oxygen atoms in total.